The molecule has 1 N–H and O–H groups in total. The lowest BCUT2D eigenvalue weighted by molar-refractivity contribution is -0.156. The first kappa shape index (κ1) is 21.3. The Morgan fingerprint density at radius 2 is 1.91 bits per heavy atom. The summed E-state index contributed by atoms with van der Waals surface area (Å²) in [6.45, 7) is 1.57. The van der Waals surface area contributed by atoms with Gasteiger partial charge in [-0.25, -0.2) is 4.79 Å². The average Bonchev–Trinajstić information content (AvgIpc) is 3.10. The molecule has 5 fully saturated rings. The molecule has 4 saturated carbocycles. The molecular weight excluding hydrogens is 414 g/mol. The van der Waals surface area contributed by atoms with E-state index in [0.29, 0.717) is 12.0 Å². The van der Waals surface area contributed by atoms with Crippen LogP contribution in [0, 0.1) is 30.1 Å². The number of azide groups is 1. The van der Waals surface area contributed by atoms with Crippen molar-refractivity contribution < 1.29 is 14.3 Å². The van der Waals surface area contributed by atoms with Crippen LogP contribution >= 0.6 is 0 Å². The number of H-pyrrole nitrogens is 1. The van der Waals surface area contributed by atoms with Gasteiger partial charge in [0.2, 0.25) is 0 Å². The second kappa shape index (κ2) is 8.08. The molecule has 1 aromatic heterocycles. The number of aromatic amines is 1. The second-order valence-electron chi connectivity index (χ2n) is 10.4. The molecule has 5 aliphatic rings. The van der Waals surface area contributed by atoms with Gasteiger partial charge in [0.25, 0.3) is 5.56 Å². The Bertz CT molecular complexity index is 1040. The number of carbonyl (C=O) groups excluding carboxylic acids is 1. The SMILES string of the molecule is Cc1cn([C@H]2C[C@H](N=[N+]=[N-])[C@@H](COC(=O)CC34CC5CC(CC(C5)C3)C4)O2)c(=O)[nH]c1=O. The Labute approximate surface area is 184 Å². The van der Waals surface area contributed by atoms with E-state index in [9.17, 15) is 14.4 Å². The predicted molar refractivity (Wildman–Crippen MR) is 114 cm³/mol. The predicted octanol–water partition coefficient (Wildman–Crippen LogP) is 2.96. The molecule has 0 amide bonds. The molecular formula is C22H29N5O5. The van der Waals surface area contributed by atoms with Gasteiger partial charge in [-0.05, 0) is 74.1 Å². The third-order valence-corrected chi connectivity index (χ3v) is 7.95. The van der Waals surface area contributed by atoms with Crippen LogP contribution < -0.4 is 11.2 Å². The van der Waals surface area contributed by atoms with E-state index in [1.807, 2.05) is 0 Å². The summed E-state index contributed by atoms with van der Waals surface area (Å²) in [6.07, 6.45) is 8.14. The lowest BCUT2D eigenvalue weighted by atomic mass is 9.49. The monoisotopic (exact) mass is 443 g/mol. The van der Waals surface area contributed by atoms with E-state index in [-0.39, 0.29) is 24.4 Å². The molecule has 0 radical (unpaired) electrons. The van der Waals surface area contributed by atoms with Crippen LogP contribution in [-0.4, -0.2) is 34.3 Å². The maximum absolute atomic E-state index is 12.8. The summed E-state index contributed by atoms with van der Waals surface area (Å²) < 4.78 is 12.8. The van der Waals surface area contributed by atoms with Crippen LogP contribution in [0.25, 0.3) is 10.4 Å². The normalized spacial score (nSPS) is 37.3. The first-order valence-corrected chi connectivity index (χ1v) is 11.5. The smallest absolute Gasteiger partial charge is 0.330 e. The average molecular weight is 444 g/mol. The first-order chi connectivity index (χ1) is 15.3. The number of ether oxygens (including phenoxy) is 2. The molecule has 0 unspecified atom stereocenters. The van der Waals surface area contributed by atoms with Crippen molar-refractivity contribution in [2.45, 2.75) is 76.7 Å². The minimum Gasteiger partial charge on any atom is -0.463 e. The van der Waals surface area contributed by atoms with E-state index in [0.717, 1.165) is 37.0 Å². The van der Waals surface area contributed by atoms with Gasteiger partial charge < -0.3 is 9.47 Å². The van der Waals surface area contributed by atoms with Crippen molar-refractivity contribution >= 4 is 5.97 Å². The molecule has 0 spiro atoms. The number of nitrogens with one attached hydrogen (secondary N) is 1. The highest BCUT2D eigenvalue weighted by molar-refractivity contribution is 5.70. The van der Waals surface area contributed by atoms with E-state index in [4.69, 9.17) is 15.0 Å². The Morgan fingerprint density at radius 1 is 1.25 bits per heavy atom. The molecule has 3 atom stereocenters. The van der Waals surface area contributed by atoms with Gasteiger partial charge in [-0.3, -0.25) is 19.1 Å². The first-order valence-electron chi connectivity index (χ1n) is 11.5. The summed E-state index contributed by atoms with van der Waals surface area (Å²) in [5, 5.41) is 3.79. The van der Waals surface area contributed by atoms with E-state index in [1.54, 1.807) is 6.92 Å². The third-order valence-electron chi connectivity index (χ3n) is 7.95. The number of aryl methyl sites for hydroxylation is 1. The molecule has 1 saturated heterocycles. The molecule has 10 nitrogen and oxygen atoms in total. The summed E-state index contributed by atoms with van der Waals surface area (Å²) in [5.41, 5.74) is 8.36. The molecule has 32 heavy (non-hydrogen) atoms. The Kier molecular flexibility index (Phi) is 5.37. The highest BCUT2D eigenvalue weighted by Gasteiger charge is 2.51. The highest BCUT2D eigenvalue weighted by atomic mass is 16.6. The van der Waals surface area contributed by atoms with Gasteiger partial charge in [0.1, 0.15) is 18.9 Å². The zero-order valence-electron chi connectivity index (χ0n) is 18.2. The summed E-state index contributed by atoms with van der Waals surface area (Å²) in [7, 11) is 0. The van der Waals surface area contributed by atoms with Gasteiger partial charge in [0.15, 0.2) is 0 Å². The molecule has 4 bridgehead atoms. The summed E-state index contributed by atoms with van der Waals surface area (Å²) in [4.78, 5) is 41.7. The Hall–Kier alpha value is -2.58. The number of hydrogen-bond donors (Lipinski definition) is 1. The maximum Gasteiger partial charge on any atom is 0.330 e. The number of esters is 1. The Morgan fingerprint density at radius 3 is 2.53 bits per heavy atom. The maximum atomic E-state index is 12.8. The van der Waals surface area contributed by atoms with Crippen LogP contribution in [0.1, 0.15) is 63.2 Å². The number of carbonyl (C=O) groups is 1. The van der Waals surface area contributed by atoms with Gasteiger partial charge in [-0.2, -0.15) is 0 Å². The summed E-state index contributed by atoms with van der Waals surface area (Å²) >= 11 is 0. The lowest BCUT2D eigenvalue weighted by Crippen LogP contribution is -2.47. The molecule has 4 aliphatic carbocycles. The van der Waals surface area contributed by atoms with Gasteiger partial charge in [-0.1, -0.05) is 5.11 Å². The zero-order chi connectivity index (χ0) is 22.5. The minimum absolute atomic E-state index is 0.0253. The van der Waals surface area contributed by atoms with Crippen molar-refractivity contribution in [3.8, 4) is 0 Å². The molecule has 1 aromatic rings. The number of nitrogens with zero attached hydrogens (tertiary/aromatic N) is 4. The number of rotatable bonds is 6. The van der Waals surface area contributed by atoms with E-state index in [1.165, 1.54) is 30.0 Å². The molecule has 172 valence electrons. The van der Waals surface area contributed by atoms with Crippen molar-refractivity contribution in [1.29, 1.82) is 0 Å². The van der Waals surface area contributed by atoms with Crippen LogP contribution in [0.15, 0.2) is 20.9 Å². The quantitative estimate of drug-likeness (QED) is 0.312. The largest absolute Gasteiger partial charge is 0.463 e. The summed E-state index contributed by atoms with van der Waals surface area (Å²) in [5.74, 6) is 2.07. The van der Waals surface area contributed by atoms with Gasteiger partial charge in [0, 0.05) is 23.1 Å². The minimum atomic E-state index is -0.708. The number of hydrogen-bond acceptors (Lipinski definition) is 6. The van der Waals surface area contributed by atoms with Crippen LogP contribution in [0.4, 0.5) is 0 Å². The van der Waals surface area contributed by atoms with Gasteiger partial charge in [-0.15, -0.1) is 0 Å². The van der Waals surface area contributed by atoms with Crippen molar-refractivity contribution in [2.24, 2.45) is 28.3 Å². The standard InChI is InChI=1S/C22H29N5O5/c1-12-10-27(21(30)24-20(12)29)18-5-16(25-26-23)17(32-18)11-31-19(28)9-22-6-13-2-14(7-22)4-15(3-13)8-22/h10,13-18H,2-9,11H2,1H3,(H,24,29,30)/t13?,14?,15?,16-,17+,18+,22?/m0/s1. The molecule has 0 aromatic carbocycles. The van der Waals surface area contributed by atoms with Crippen molar-refractivity contribution in [2.75, 3.05) is 6.61 Å². The Balaban J connectivity index is 1.23. The highest BCUT2D eigenvalue weighted by Crippen LogP contribution is 2.61. The van der Waals surface area contributed by atoms with Crippen LogP contribution in [0.3, 0.4) is 0 Å². The number of aromatic nitrogens is 2. The molecule has 1 aliphatic heterocycles. The second-order valence-corrected chi connectivity index (χ2v) is 10.4. The van der Waals surface area contributed by atoms with Crippen molar-refractivity contribution in [1.82, 2.24) is 9.55 Å². The topological polar surface area (TPSA) is 139 Å². The fourth-order valence-corrected chi connectivity index (χ4v) is 7.06. The lowest BCUT2D eigenvalue weighted by Gasteiger charge is -2.56. The third kappa shape index (κ3) is 3.97. The van der Waals surface area contributed by atoms with E-state index >= 15 is 0 Å². The molecule has 2 heterocycles. The van der Waals surface area contributed by atoms with E-state index < -0.39 is 29.6 Å². The fourth-order valence-electron chi connectivity index (χ4n) is 7.06. The summed E-state index contributed by atoms with van der Waals surface area (Å²) in [6, 6.07) is -0.573. The van der Waals surface area contributed by atoms with Crippen molar-refractivity contribution in [3.63, 3.8) is 0 Å². The van der Waals surface area contributed by atoms with E-state index in [2.05, 4.69) is 15.0 Å². The van der Waals surface area contributed by atoms with Crippen LogP contribution in [-0.2, 0) is 14.3 Å². The molecule has 10 heteroatoms. The molecule has 6 rings (SSSR count). The fraction of sp³-hybridized carbons (Fsp3) is 0.773. The van der Waals surface area contributed by atoms with Crippen molar-refractivity contribution in [3.05, 3.63) is 43.0 Å². The van der Waals surface area contributed by atoms with Gasteiger partial charge >= 0.3 is 11.7 Å². The van der Waals surface area contributed by atoms with Crippen LogP contribution in [0.2, 0.25) is 0 Å². The van der Waals surface area contributed by atoms with Gasteiger partial charge in [0.05, 0.1) is 12.5 Å². The zero-order valence-corrected chi connectivity index (χ0v) is 18.2. The van der Waals surface area contributed by atoms with Crippen LogP contribution in [0.5, 0.6) is 0 Å².